The third-order valence-corrected chi connectivity index (χ3v) is 2.85. The number of rotatable bonds is 4. The van der Waals surface area contributed by atoms with E-state index in [1.54, 1.807) is 0 Å². The van der Waals surface area contributed by atoms with Crippen molar-refractivity contribution in [1.82, 2.24) is 15.5 Å². The zero-order valence-corrected chi connectivity index (χ0v) is 9.99. The molecular weight excluding hydrogens is 242 g/mol. The molecule has 1 amide bonds. The SMILES string of the molecule is COC(=O)NCCc1nnc(-c2cccs2)o1. The van der Waals surface area contributed by atoms with Gasteiger partial charge in [-0.3, -0.25) is 0 Å². The lowest BCUT2D eigenvalue weighted by Gasteiger charge is -1.99. The van der Waals surface area contributed by atoms with Crippen molar-refractivity contribution in [3.05, 3.63) is 23.4 Å². The summed E-state index contributed by atoms with van der Waals surface area (Å²) in [4.78, 5) is 11.7. The van der Waals surface area contributed by atoms with E-state index in [0.29, 0.717) is 24.7 Å². The highest BCUT2D eigenvalue weighted by Crippen LogP contribution is 2.22. The second kappa shape index (κ2) is 5.44. The van der Waals surface area contributed by atoms with Crippen LogP contribution in [0.4, 0.5) is 4.79 Å². The molecular formula is C10H11N3O3S. The minimum absolute atomic E-state index is 0.402. The van der Waals surface area contributed by atoms with Crippen LogP contribution in [-0.4, -0.2) is 29.9 Å². The number of nitrogens with zero attached hydrogens (tertiary/aromatic N) is 2. The lowest BCUT2D eigenvalue weighted by atomic mass is 10.4. The summed E-state index contributed by atoms with van der Waals surface area (Å²) in [5.74, 6) is 0.998. The summed E-state index contributed by atoms with van der Waals surface area (Å²) in [7, 11) is 1.32. The fourth-order valence-electron chi connectivity index (χ4n) is 1.20. The highest BCUT2D eigenvalue weighted by atomic mass is 32.1. The first kappa shape index (κ1) is 11.6. The van der Waals surface area contributed by atoms with Gasteiger partial charge in [-0.1, -0.05) is 6.07 Å². The van der Waals surface area contributed by atoms with Crippen molar-refractivity contribution in [2.45, 2.75) is 6.42 Å². The Morgan fingerprint density at radius 1 is 1.59 bits per heavy atom. The first-order chi connectivity index (χ1) is 8.29. The average Bonchev–Trinajstić information content (AvgIpc) is 2.98. The molecule has 0 saturated carbocycles. The maximum absolute atomic E-state index is 10.8. The molecule has 2 rings (SSSR count). The number of ether oxygens (including phenoxy) is 1. The van der Waals surface area contributed by atoms with Crippen molar-refractivity contribution < 1.29 is 13.9 Å². The van der Waals surface area contributed by atoms with Gasteiger partial charge in [0.1, 0.15) is 0 Å². The summed E-state index contributed by atoms with van der Waals surface area (Å²) in [6, 6.07) is 3.83. The van der Waals surface area contributed by atoms with Crippen molar-refractivity contribution in [1.29, 1.82) is 0 Å². The van der Waals surface area contributed by atoms with E-state index in [1.165, 1.54) is 18.4 Å². The number of hydrogen-bond donors (Lipinski definition) is 1. The van der Waals surface area contributed by atoms with Gasteiger partial charge in [0.25, 0.3) is 5.89 Å². The van der Waals surface area contributed by atoms with Gasteiger partial charge in [-0.05, 0) is 11.4 Å². The van der Waals surface area contributed by atoms with Crippen molar-refractivity contribution >= 4 is 17.4 Å². The minimum Gasteiger partial charge on any atom is -0.453 e. The van der Waals surface area contributed by atoms with Gasteiger partial charge in [-0.2, -0.15) is 0 Å². The molecule has 90 valence electrons. The van der Waals surface area contributed by atoms with E-state index in [-0.39, 0.29) is 0 Å². The number of amides is 1. The lowest BCUT2D eigenvalue weighted by Crippen LogP contribution is -2.25. The molecule has 6 nitrogen and oxygen atoms in total. The Kier molecular flexibility index (Phi) is 3.71. The van der Waals surface area contributed by atoms with Crippen molar-refractivity contribution in [3.63, 3.8) is 0 Å². The monoisotopic (exact) mass is 253 g/mol. The largest absolute Gasteiger partial charge is 0.453 e. The van der Waals surface area contributed by atoms with Crippen LogP contribution in [0.2, 0.25) is 0 Å². The summed E-state index contributed by atoms with van der Waals surface area (Å²) >= 11 is 1.54. The lowest BCUT2D eigenvalue weighted by molar-refractivity contribution is 0.171. The zero-order valence-electron chi connectivity index (χ0n) is 9.17. The van der Waals surface area contributed by atoms with E-state index >= 15 is 0 Å². The highest BCUT2D eigenvalue weighted by Gasteiger charge is 2.09. The smallest absolute Gasteiger partial charge is 0.406 e. The summed E-state index contributed by atoms with van der Waals surface area (Å²) in [6.07, 6.45) is 0.0102. The molecule has 7 heteroatoms. The Hall–Kier alpha value is -1.89. The first-order valence-electron chi connectivity index (χ1n) is 4.97. The van der Waals surface area contributed by atoms with E-state index in [2.05, 4.69) is 20.3 Å². The van der Waals surface area contributed by atoms with Crippen LogP contribution in [-0.2, 0) is 11.2 Å². The normalized spacial score (nSPS) is 10.2. The quantitative estimate of drug-likeness (QED) is 0.897. The van der Waals surface area contributed by atoms with Crippen LogP contribution in [0.1, 0.15) is 5.89 Å². The molecule has 0 aromatic carbocycles. The van der Waals surface area contributed by atoms with Gasteiger partial charge < -0.3 is 14.5 Å². The zero-order chi connectivity index (χ0) is 12.1. The molecule has 0 fully saturated rings. The molecule has 2 aromatic rings. The van der Waals surface area contributed by atoms with E-state index in [4.69, 9.17) is 4.42 Å². The number of methoxy groups -OCH3 is 1. The number of nitrogens with one attached hydrogen (secondary N) is 1. The van der Waals surface area contributed by atoms with E-state index in [1.807, 2.05) is 17.5 Å². The molecule has 0 saturated heterocycles. The molecule has 0 atom stereocenters. The Bertz CT molecular complexity index is 481. The average molecular weight is 253 g/mol. The molecule has 0 bridgehead atoms. The molecule has 17 heavy (non-hydrogen) atoms. The first-order valence-corrected chi connectivity index (χ1v) is 5.85. The van der Waals surface area contributed by atoms with Gasteiger partial charge in [0.05, 0.1) is 12.0 Å². The van der Waals surface area contributed by atoms with Crippen LogP contribution in [0.3, 0.4) is 0 Å². The summed E-state index contributed by atoms with van der Waals surface area (Å²) < 4.78 is 9.88. The maximum Gasteiger partial charge on any atom is 0.406 e. The van der Waals surface area contributed by atoms with Crippen LogP contribution in [0.15, 0.2) is 21.9 Å². The second-order valence-electron chi connectivity index (χ2n) is 3.15. The molecule has 0 aliphatic heterocycles. The van der Waals surface area contributed by atoms with Crippen molar-refractivity contribution in [2.24, 2.45) is 0 Å². The standard InChI is InChI=1S/C10H11N3O3S/c1-15-10(14)11-5-4-8-12-13-9(16-8)7-3-2-6-17-7/h2-3,6H,4-5H2,1H3,(H,11,14). The van der Waals surface area contributed by atoms with Crippen LogP contribution < -0.4 is 5.32 Å². The summed E-state index contributed by atoms with van der Waals surface area (Å²) in [5, 5.41) is 12.3. The number of alkyl carbamates (subject to hydrolysis) is 1. The Balaban J connectivity index is 1.89. The number of thiophene rings is 1. The van der Waals surface area contributed by atoms with Gasteiger partial charge in [-0.25, -0.2) is 4.79 Å². The number of carbonyl (C=O) groups is 1. The van der Waals surface area contributed by atoms with Gasteiger partial charge in [-0.15, -0.1) is 21.5 Å². The molecule has 0 spiro atoms. The van der Waals surface area contributed by atoms with E-state index < -0.39 is 6.09 Å². The van der Waals surface area contributed by atoms with Gasteiger partial charge in [0.15, 0.2) is 0 Å². The van der Waals surface area contributed by atoms with Crippen molar-refractivity contribution in [2.75, 3.05) is 13.7 Å². The van der Waals surface area contributed by atoms with E-state index in [9.17, 15) is 4.79 Å². The predicted molar refractivity (Wildman–Crippen MR) is 61.7 cm³/mol. The Morgan fingerprint density at radius 2 is 2.47 bits per heavy atom. The summed E-state index contributed by atoms with van der Waals surface area (Å²) in [6.45, 7) is 0.402. The third-order valence-electron chi connectivity index (χ3n) is 1.99. The predicted octanol–water partition coefficient (Wildman–Crippen LogP) is 1.70. The number of hydrogen-bond acceptors (Lipinski definition) is 6. The summed E-state index contributed by atoms with van der Waals surface area (Å²) in [5.41, 5.74) is 0. The number of carbonyl (C=O) groups excluding carboxylic acids is 1. The topological polar surface area (TPSA) is 77.2 Å². The van der Waals surface area contributed by atoms with Crippen LogP contribution in [0.5, 0.6) is 0 Å². The molecule has 1 N–H and O–H groups in total. The minimum atomic E-state index is -0.469. The molecule has 0 aliphatic carbocycles. The van der Waals surface area contributed by atoms with Gasteiger partial charge in [0.2, 0.25) is 5.89 Å². The molecule has 0 radical (unpaired) electrons. The van der Waals surface area contributed by atoms with Gasteiger partial charge in [0, 0.05) is 13.0 Å². The van der Waals surface area contributed by atoms with Crippen LogP contribution in [0.25, 0.3) is 10.8 Å². The van der Waals surface area contributed by atoms with Crippen molar-refractivity contribution in [3.8, 4) is 10.8 Å². The second-order valence-corrected chi connectivity index (χ2v) is 4.09. The van der Waals surface area contributed by atoms with Crippen LogP contribution >= 0.6 is 11.3 Å². The molecule has 0 aliphatic rings. The van der Waals surface area contributed by atoms with Crippen LogP contribution in [0, 0.1) is 0 Å². The van der Waals surface area contributed by atoms with E-state index in [0.717, 1.165) is 4.88 Å². The Morgan fingerprint density at radius 3 is 3.18 bits per heavy atom. The number of aromatic nitrogens is 2. The fourth-order valence-corrected chi connectivity index (χ4v) is 1.84. The molecule has 2 heterocycles. The highest BCUT2D eigenvalue weighted by molar-refractivity contribution is 7.13. The fraction of sp³-hybridized carbons (Fsp3) is 0.300. The Labute approximate surface area is 102 Å². The third kappa shape index (κ3) is 3.04. The molecule has 2 aromatic heterocycles. The maximum atomic E-state index is 10.8. The molecule has 0 unspecified atom stereocenters. The van der Waals surface area contributed by atoms with Gasteiger partial charge >= 0.3 is 6.09 Å².